The Morgan fingerprint density at radius 3 is 2.50 bits per heavy atom. The predicted octanol–water partition coefficient (Wildman–Crippen LogP) is -2.04. The molecule has 0 spiro atoms. The van der Waals surface area contributed by atoms with Crippen LogP contribution in [0.25, 0.3) is 0 Å². The zero-order valence-corrected chi connectivity index (χ0v) is 8.80. The van der Waals surface area contributed by atoms with Gasteiger partial charge in [0, 0.05) is 6.54 Å². The Labute approximate surface area is 82.6 Å². The molecule has 1 unspecified atom stereocenters. The first kappa shape index (κ1) is 13.3. The van der Waals surface area contributed by atoms with Gasteiger partial charge < -0.3 is 9.84 Å². The van der Waals surface area contributed by atoms with E-state index in [9.17, 15) is 13.2 Å². The molecule has 0 saturated carbocycles. The monoisotopic (exact) mass is 226 g/mol. The molecule has 0 fully saturated rings. The number of ether oxygens (including phenoxy) is 1. The molecule has 8 heteroatoms. The lowest BCUT2D eigenvalue weighted by atomic mass is 10.3. The summed E-state index contributed by atoms with van der Waals surface area (Å²) < 4.78 is 30.5. The first-order chi connectivity index (χ1) is 6.46. The molecule has 0 aliphatic carbocycles. The zero-order valence-electron chi connectivity index (χ0n) is 7.98. The van der Waals surface area contributed by atoms with Crippen LogP contribution in [0.5, 0.6) is 0 Å². The highest BCUT2D eigenvalue weighted by Crippen LogP contribution is 1.89. The van der Waals surface area contributed by atoms with Crippen LogP contribution < -0.4 is 9.44 Å². The van der Waals surface area contributed by atoms with Crippen molar-refractivity contribution in [1.29, 1.82) is 0 Å². The van der Waals surface area contributed by atoms with E-state index in [-0.39, 0.29) is 6.54 Å². The van der Waals surface area contributed by atoms with Crippen molar-refractivity contribution in [2.75, 3.05) is 20.3 Å². The normalized spacial score (nSPS) is 13.6. The molecule has 0 bridgehead atoms. The second-order valence-corrected chi connectivity index (χ2v) is 3.91. The number of esters is 1. The SMILES string of the molecule is CCNS(=O)(=O)NC(CO)C(=O)OC. The highest BCUT2D eigenvalue weighted by molar-refractivity contribution is 7.87. The van der Waals surface area contributed by atoms with Crippen LogP contribution in [0.15, 0.2) is 0 Å². The molecule has 0 radical (unpaired) electrons. The zero-order chi connectivity index (χ0) is 11.2. The molecule has 0 aliphatic rings. The molecule has 0 aromatic carbocycles. The van der Waals surface area contributed by atoms with Crippen LogP contribution >= 0.6 is 0 Å². The van der Waals surface area contributed by atoms with Crippen LogP contribution in [-0.4, -0.2) is 45.8 Å². The molecule has 0 amide bonds. The van der Waals surface area contributed by atoms with Crippen LogP contribution in [-0.2, 0) is 19.7 Å². The molecule has 84 valence electrons. The summed E-state index contributed by atoms with van der Waals surface area (Å²) >= 11 is 0. The average molecular weight is 226 g/mol. The lowest BCUT2D eigenvalue weighted by Crippen LogP contribution is -2.48. The third kappa shape index (κ3) is 4.51. The van der Waals surface area contributed by atoms with Crippen molar-refractivity contribution in [2.24, 2.45) is 0 Å². The first-order valence-corrected chi connectivity index (χ1v) is 5.40. The Balaban J connectivity index is 4.39. The summed E-state index contributed by atoms with van der Waals surface area (Å²) in [5.74, 6) is -0.839. The molecule has 0 rings (SSSR count). The lowest BCUT2D eigenvalue weighted by Gasteiger charge is -2.13. The highest BCUT2D eigenvalue weighted by Gasteiger charge is 2.23. The van der Waals surface area contributed by atoms with E-state index in [1.54, 1.807) is 6.92 Å². The minimum atomic E-state index is -3.76. The van der Waals surface area contributed by atoms with Crippen LogP contribution in [0.2, 0.25) is 0 Å². The molecular formula is C6H14N2O5S. The van der Waals surface area contributed by atoms with E-state index in [0.717, 1.165) is 7.11 Å². The topological polar surface area (TPSA) is 105 Å². The van der Waals surface area contributed by atoms with E-state index in [2.05, 4.69) is 9.46 Å². The molecule has 0 aromatic heterocycles. The van der Waals surface area contributed by atoms with Gasteiger partial charge in [-0.25, -0.2) is 4.72 Å². The van der Waals surface area contributed by atoms with Crippen LogP contribution in [0.3, 0.4) is 0 Å². The fourth-order valence-electron chi connectivity index (χ4n) is 0.721. The van der Waals surface area contributed by atoms with E-state index >= 15 is 0 Å². The van der Waals surface area contributed by atoms with Crippen molar-refractivity contribution in [3.05, 3.63) is 0 Å². The van der Waals surface area contributed by atoms with E-state index in [1.165, 1.54) is 0 Å². The van der Waals surface area contributed by atoms with E-state index < -0.39 is 28.8 Å². The molecule has 0 heterocycles. The van der Waals surface area contributed by atoms with Gasteiger partial charge in [-0.3, -0.25) is 4.79 Å². The van der Waals surface area contributed by atoms with Gasteiger partial charge in [0.1, 0.15) is 6.04 Å². The van der Waals surface area contributed by atoms with Crippen molar-refractivity contribution in [1.82, 2.24) is 9.44 Å². The van der Waals surface area contributed by atoms with Crippen LogP contribution in [0, 0.1) is 0 Å². The maximum absolute atomic E-state index is 11.1. The molecule has 1 atom stereocenters. The molecule has 0 aliphatic heterocycles. The highest BCUT2D eigenvalue weighted by atomic mass is 32.2. The van der Waals surface area contributed by atoms with Gasteiger partial charge in [-0.2, -0.15) is 13.1 Å². The number of aliphatic hydroxyl groups is 1. The fourth-order valence-corrected chi connectivity index (χ4v) is 1.73. The van der Waals surface area contributed by atoms with E-state index in [4.69, 9.17) is 5.11 Å². The molecule has 14 heavy (non-hydrogen) atoms. The van der Waals surface area contributed by atoms with Gasteiger partial charge in [-0.15, -0.1) is 0 Å². The van der Waals surface area contributed by atoms with E-state index in [0.29, 0.717) is 0 Å². The number of carbonyl (C=O) groups excluding carboxylic acids is 1. The van der Waals surface area contributed by atoms with Gasteiger partial charge in [0.2, 0.25) is 0 Å². The molecule has 3 N–H and O–H groups in total. The fraction of sp³-hybridized carbons (Fsp3) is 0.833. The summed E-state index contributed by atoms with van der Waals surface area (Å²) in [5, 5.41) is 8.70. The molecular weight excluding hydrogens is 212 g/mol. The summed E-state index contributed by atoms with van der Waals surface area (Å²) in [7, 11) is -2.66. The van der Waals surface area contributed by atoms with Gasteiger partial charge in [0.15, 0.2) is 0 Å². The maximum atomic E-state index is 11.1. The first-order valence-electron chi connectivity index (χ1n) is 3.92. The largest absolute Gasteiger partial charge is 0.468 e. The smallest absolute Gasteiger partial charge is 0.326 e. The van der Waals surface area contributed by atoms with Gasteiger partial charge in [0.05, 0.1) is 13.7 Å². The summed E-state index contributed by atoms with van der Waals surface area (Å²) in [6.07, 6.45) is 0. The third-order valence-corrected chi connectivity index (χ3v) is 2.56. The summed E-state index contributed by atoms with van der Waals surface area (Å²) in [4.78, 5) is 10.9. The van der Waals surface area contributed by atoms with Gasteiger partial charge in [-0.1, -0.05) is 6.92 Å². The van der Waals surface area contributed by atoms with Crippen molar-refractivity contribution in [3.8, 4) is 0 Å². The molecule has 0 saturated heterocycles. The Kier molecular flexibility index (Phi) is 5.62. The third-order valence-electron chi connectivity index (χ3n) is 1.30. The maximum Gasteiger partial charge on any atom is 0.326 e. The van der Waals surface area contributed by atoms with Crippen molar-refractivity contribution in [2.45, 2.75) is 13.0 Å². The Morgan fingerprint density at radius 2 is 2.14 bits per heavy atom. The minimum Gasteiger partial charge on any atom is -0.468 e. The minimum absolute atomic E-state index is 0.189. The number of nitrogens with one attached hydrogen (secondary N) is 2. The van der Waals surface area contributed by atoms with Gasteiger partial charge in [0.25, 0.3) is 10.2 Å². The Bertz CT molecular complexity index is 276. The Morgan fingerprint density at radius 1 is 1.57 bits per heavy atom. The number of rotatable bonds is 6. The van der Waals surface area contributed by atoms with Crippen LogP contribution in [0.4, 0.5) is 0 Å². The quantitative estimate of drug-likeness (QED) is 0.453. The average Bonchev–Trinajstić information content (AvgIpc) is 2.13. The Hall–Kier alpha value is -0.700. The number of hydrogen-bond acceptors (Lipinski definition) is 5. The number of carbonyl (C=O) groups is 1. The summed E-state index contributed by atoms with van der Waals surface area (Å²) in [5.41, 5.74) is 0. The number of aliphatic hydroxyl groups excluding tert-OH is 1. The standard InChI is InChI=1S/C6H14N2O5S/c1-3-7-14(11,12)8-5(4-9)6(10)13-2/h5,7-9H,3-4H2,1-2H3. The molecule has 7 nitrogen and oxygen atoms in total. The second-order valence-electron chi connectivity index (χ2n) is 2.38. The lowest BCUT2D eigenvalue weighted by molar-refractivity contribution is -0.143. The predicted molar refractivity (Wildman–Crippen MR) is 48.6 cm³/mol. The summed E-state index contributed by atoms with van der Waals surface area (Å²) in [6, 6.07) is -1.27. The van der Waals surface area contributed by atoms with Gasteiger partial charge >= 0.3 is 5.97 Å². The second kappa shape index (κ2) is 5.91. The van der Waals surface area contributed by atoms with Crippen LogP contribution in [0.1, 0.15) is 6.92 Å². The number of hydrogen-bond donors (Lipinski definition) is 3. The van der Waals surface area contributed by atoms with Crippen molar-refractivity contribution >= 4 is 16.2 Å². The van der Waals surface area contributed by atoms with Crippen molar-refractivity contribution < 1.29 is 23.1 Å². The number of methoxy groups -OCH3 is 1. The van der Waals surface area contributed by atoms with Crippen molar-refractivity contribution in [3.63, 3.8) is 0 Å². The molecule has 0 aromatic rings. The summed E-state index contributed by atoms with van der Waals surface area (Å²) in [6.45, 7) is 1.12. The van der Waals surface area contributed by atoms with E-state index in [1.807, 2.05) is 4.72 Å². The van der Waals surface area contributed by atoms with Gasteiger partial charge in [-0.05, 0) is 0 Å².